The van der Waals surface area contributed by atoms with E-state index in [1.165, 1.54) is 218 Å². The normalized spacial score (nSPS) is 12.5. The molecular weight excluding hydrogens is 743 g/mol. The highest BCUT2D eigenvalue weighted by atomic mass is 16.5. The van der Waals surface area contributed by atoms with Crippen molar-refractivity contribution in [3.05, 3.63) is 0 Å². The largest absolute Gasteiger partial charge is 0.466 e. The molecule has 0 aromatic heterocycles. The number of hydrogen-bond donors (Lipinski definition) is 3. The molecule has 0 bridgehead atoms. The maximum Gasteiger partial charge on any atom is 0.305 e. The van der Waals surface area contributed by atoms with Gasteiger partial charge < -0.3 is 20.3 Å². The van der Waals surface area contributed by atoms with Gasteiger partial charge in [0, 0.05) is 12.8 Å². The molecule has 0 aliphatic heterocycles. The summed E-state index contributed by atoms with van der Waals surface area (Å²) < 4.78 is 5.46. The van der Waals surface area contributed by atoms with Gasteiger partial charge in [0.15, 0.2) is 0 Å². The van der Waals surface area contributed by atoms with Crippen LogP contribution in [0.15, 0.2) is 0 Å². The first-order valence-electron chi connectivity index (χ1n) is 27.3. The predicted molar refractivity (Wildman–Crippen MR) is 260 cm³/mol. The molecule has 6 nitrogen and oxygen atoms in total. The molecule has 358 valence electrons. The second kappa shape index (κ2) is 50.5. The first-order chi connectivity index (χ1) is 29.5. The first-order valence-corrected chi connectivity index (χ1v) is 27.3. The minimum Gasteiger partial charge on any atom is -0.466 e. The van der Waals surface area contributed by atoms with Crippen LogP contribution in [0, 0.1) is 0 Å². The Morgan fingerprint density at radius 3 is 1.02 bits per heavy atom. The molecule has 0 fully saturated rings. The summed E-state index contributed by atoms with van der Waals surface area (Å²) in [6.07, 6.45) is 56.4. The second-order valence-corrected chi connectivity index (χ2v) is 18.9. The van der Waals surface area contributed by atoms with E-state index in [4.69, 9.17) is 4.74 Å². The fourth-order valence-corrected chi connectivity index (χ4v) is 8.70. The summed E-state index contributed by atoms with van der Waals surface area (Å²) in [5.74, 6) is -0.0611. The summed E-state index contributed by atoms with van der Waals surface area (Å²) in [4.78, 5) is 24.5. The number of ether oxygens (including phenoxy) is 1. The molecule has 0 saturated heterocycles. The molecule has 6 heteroatoms. The molecule has 0 aromatic carbocycles. The Morgan fingerprint density at radius 1 is 0.400 bits per heavy atom. The lowest BCUT2D eigenvalue weighted by molar-refractivity contribution is -0.143. The van der Waals surface area contributed by atoms with Gasteiger partial charge in [-0.2, -0.15) is 0 Å². The summed E-state index contributed by atoms with van der Waals surface area (Å²) >= 11 is 0. The molecule has 0 heterocycles. The lowest BCUT2D eigenvalue weighted by Crippen LogP contribution is -2.45. The lowest BCUT2D eigenvalue weighted by atomic mass is 10.0. The zero-order valence-electron chi connectivity index (χ0n) is 40.7. The molecule has 2 unspecified atom stereocenters. The summed E-state index contributed by atoms with van der Waals surface area (Å²) in [5, 5.41) is 23.3. The average Bonchev–Trinajstić information content (AvgIpc) is 3.25. The molecule has 0 radical (unpaired) electrons. The summed E-state index contributed by atoms with van der Waals surface area (Å²) in [6, 6.07) is -0.554. The number of carbonyl (C=O) groups excluding carboxylic acids is 2. The second-order valence-electron chi connectivity index (χ2n) is 18.9. The Hall–Kier alpha value is -1.14. The molecule has 0 saturated carbocycles. The molecule has 2 atom stereocenters. The molecular formula is C54H107NO5. The van der Waals surface area contributed by atoms with Crippen LogP contribution >= 0.6 is 0 Å². The Labute approximate surface area is 375 Å². The Bertz CT molecular complexity index is 852. The van der Waals surface area contributed by atoms with Crippen LogP contribution in [0.5, 0.6) is 0 Å². The van der Waals surface area contributed by atoms with Gasteiger partial charge in [-0.05, 0) is 25.7 Å². The molecule has 0 spiro atoms. The lowest BCUT2D eigenvalue weighted by Gasteiger charge is -2.22. The third-order valence-corrected chi connectivity index (χ3v) is 12.9. The predicted octanol–water partition coefficient (Wildman–Crippen LogP) is 16.4. The van der Waals surface area contributed by atoms with Crippen LogP contribution in [-0.4, -0.2) is 47.4 Å². The molecule has 60 heavy (non-hydrogen) atoms. The van der Waals surface area contributed by atoms with Crippen LogP contribution < -0.4 is 5.32 Å². The van der Waals surface area contributed by atoms with E-state index >= 15 is 0 Å². The summed E-state index contributed by atoms with van der Waals surface area (Å²) in [7, 11) is 0. The van der Waals surface area contributed by atoms with Gasteiger partial charge in [-0.3, -0.25) is 9.59 Å². The van der Waals surface area contributed by atoms with E-state index in [1.54, 1.807) is 0 Å². The topological polar surface area (TPSA) is 95.9 Å². The van der Waals surface area contributed by atoms with E-state index < -0.39 is 12.1 Å². The van der Waals surface area contributed by atoms with Crippen molar-refractivity contribution in [1.29, 1.82) is 0 Å². The zero-order valence-corrected chi connectivity index (χ0v) is 40.7. The number of nitrogens with one attached hydrogen (secondary N) is 1. The molecule has 0 rings (SSSR count). The van der Waals surface area contributed by atoms with E-state index in [9.17, 15) is 19.8 Å². The van der Waals surface area contributed by atoms with E-state index in [2.05, 4.69) is 19.2 Å². The smallest absolute Gasteiger partial charge is 0.305 e. The van der Waals surface area contributed by atoms with Gasteiger partial charge in [0.05, 0.1) is 25.4 Å². The van der Waals surface area contributed by atoms with Crippen LogP contribution in [0.4, 0.5) is 0 Å². The van der Waals surface area contributed by atoms with E-state index in [0.29, 0.717) is 25.9 Å². The Balaban J connectivity index is 3.45. The van der Waals surface area contributed by atoms with Crippen LogP contribution in [0.2, 0.25) is 0 Å². The Morgan fingerprint density at radius 2 is 0.683 bits per heavy atom. The van der Waals surface area contributed by atoms with Gasteiger partial charge in [0.1, 0.15) is 0 Å². The number of amides is 1. The number of aliphatic hydroxyl groups is 2. The van der Waals surface area contributed by atoms with Gasteiger partial charge in [-0.25, -0.2) is 0 Å². The van der Waals surface area contributed by atoms with E-state index in [1.807, 2.05) is 0 Å². The van der Waals surface area contributed by atoms with Crippen molar-refractivity contribution < 1.29 is 24.5 Å². The van der Waals surface area contributed by atoms with Crippen molar-refractivity contribution in [3.8, 4) is 0 Å². The highest BCUT2D eigenvalue weighted by Crippen LogP contribution is 2.17. The summed E-state index contributed by atoms with van der Waals surface area (Å²) in [6.45, 7) is 4.93. The number of esters is 1. The molecule has 1 amide bonds. The van der Waals surface area contributed by atoms with Crippen LogP contribution in [-0.2, 0) is 14.3 Å². The van der Waals surface area contributed by atoms with Gasteiger partial charge in [0.2, 0.25) is 5.91 Å². The number of rotatable bonds is 51. The van der Waals surface area contributed by atoms with Crippen molar-refractivity contribution in [3.63, 3.8) is 0 Å². The average molecular weight is 850 g/mol. The number of unbranched alkanes of at least 4 members (excludes halogenated alkanes) is 40. The SMILES string of the molecule is CCCCCCCCCCCCCCCCCCCCCC(O)C(CO)NC(=O)CCCCCCCCCCCCCOC(=O)CCCCCCCCCCCCCCC. The molecule has 0 aliphatic rings. The molecule has 0 aromatic rings. The van der Waals surface area contributed by atoms with E-state index in [0.717, 1.165) is 57.8 Å². The van der Waals surface area contributed by atoms with Crippen molar-refractivity contribution in [2.75, 3.05) is 13.2 Å². The molecule has 3 N–H and O–H groups in total. The minimum atomic E-state index is -0.675. The maximum atomic E-state index is 12.5. The van der Waals surface area contributed by atoms with Crippen molar-refractivity contribution in [1.82, 2.24) is 5.32 Å². The van der Waals surface area contributed by atoms with Crippen LogP contribution in [0.25, 0.3) is 0 Å². The fraction of sp³-hybridized carbons (Fsp3) is 0.963. The third kappa shape index (κ3) is 46.4. The minimum absolute atomic E-state index is 0.0110. The number of carbonyl (C=O) groups is 2. The molecule has 0 aliphatic carbocycles. The van der Waals surface area contributed by atoms with Gasteiger partial charge >= 0.3 is 5.97 Å². The highest BCUT2D eigenvalue weighted by Gasteiger charge is 2.20. The van der Waals surface area contributed by atoms with Crippen LogP contribution in [0.3, 0.4) is 0 Å². The fourth-order valence-electron chi connectivity index (χ4n) is 8.70. The van der Waals surface area contributed by atoms with Gasteiger partial charge in [-0.1, -0.05) is 271 Å². The van der Waals surface area contributed by atoms with Crippen molar-refractivity contribution >= 4 is 11.9 Å². The number of aliphatic hydroxyl groups excluding tert-OH is 2. The Kier molecular flexibility index (Phi) is 49.5. The van der Waals surface area contributed by atoms with E-state index in [-0.39, 0.29) is 18.5 Å². The van der Waals surface area contributed by atoms with Gasteiger partial charge in [0.25, 0.3) is 0 Å². The highest BCUT2D eigenvalue weighted by molar-refractivity contribution is 5.76. The maximum absolute atomic E-state index is 12.5. The van der Waals surface area contributed by atoms with Crippen molar-refractivity contribution in [2.24, 2.45) is 0 Å². The third-order valence-electron chi connectivity index (χ3n) is 12.9. The van der Waals surface area contributed by atoms with Gasteiger partial charge in [-0.15, -0.1) is 0 Å². The first kappa shape index (κ1) is 58.9. The standard InChI is InChI=1S/C54H107NO5/c1-3-5-7-9-11-13-15-17-18-19-20-21-22-24-26-30-34-38-42-46-52(57)51(50-56)55-53(58)47-43-39-35-31-27-25-29-33-37-41-45-49-60-54(59)48-44-40-36-32-28-23-16-14-12-10-8-6-4-2/h51-52,56-57H,3-50H2,1-2H3,(H,55,58). The monoisotopic (exact) mass is 850 g/mol. The quantitative estimate of drug-likeness (QED) is 0.0418. The number of hydrogen-bond acceptors (Lipinski definition) is 5. The zero-order chi connectivity index (χ0) is 43.7. The van der Waals surface area contributed by atoms with Crippen LogP contribution in [0.1, 0.15) is 309 Å². The summed E-state index contributed by atoms with van der Waals surface area (Å²) in [5.41, 5.74) is 0. The van der Waals surface area contributed by atoms with Crippen molar-refractivity contribution in [2.45, 2.75) is 321 Å².